The van der Waals surface area contributed by atoms with Crippen LogP contribution in [0.2, 0.25) is 0 Å². The molecule has 1 saturated heterocycles. The van der Waals surface area contributed by atoms with E-state index in [-0.39, 0.29) is 17.9 Å². The van der Waals surface area contributed by atoms with Gasteiger partial charge < -0.3 is 15.5 Å². The number of hydrogen-bond acceptors (Lipinski definition) is 3. The SMILES string of the molecule is CC1CC(C(=O)NC(CN(C)C)C(C)C)CCN1. The summed E-state index contributed by atoms with van der Waals surface area (Å²) in [5.74, 6) is 0.893. The van der Waals surface area contributed by atoms with Crippen LogP contribution in [-0.4, -0.2) is 50.1 Å². The van der Waals surface area contributed by atoms with E-state index in [1.54, 1.807) is 0 Å². The standard InChI is InChI=1S/C14H29N3O/c1-10(2)13(9-17(4)5)16-14(18)12-6-7-15-11(3)8-12/h10-13,15H,6-9H2,1-5H3,(H,16,18). The first-order chi connectivity index (χ1) is 8.40. The molecule has 2 N–H and O–H groups in total. The van der Waals surface area contributed by atoms with E-state index in [1.807, 2.05) is 14.1 Å². The third-order valence-corrected chi connectivity index (χ3v) is 3.69. The monoisotopic (exact) mass is 255 g/mol. The zero-order valence-electron chi connectivity index (χ0n) is 12.5. The van der Waals surface area contributed by atoms with E-state index in [1.165, 1.54) is 0 Å². The van der Waals surface area contributed by atoms with Crippen molar-refractivity contribution in [2.75, 3.05) is 27.2 Å². The van der Waals surface area contributed by atoms with Crippen LogP contribution in [0.4, 0.5) is 0 Å². The minimum Gasteiger partial charge on any atom is -0.352 e. The van der Waals surface area contributed by atoms with Gasteiger partial charge in [0.1, 0.15) is 0 Å². The molecule has 0 saturated carbocycles. The van der Waals surface area contributed by atoms with Crippen LogP contribution in [0.3, 0.4) is 0 Å². The molecule has 0 bridgehead atoms. The molecule has 18 heavy (non-hydrogen) atoms. The second-order valence-corrected chi connectivity index (χ2v) is 6.20. The number of nitrogens with zero attached hydrogens (tertiary/aromatic N) is 1. The molecule has 3 atom stereocenters. The molecule has 0 aromatic heterocycles. The Hall–Kier alpha value is -0.610. The number of nitrogens with one attached hydrogen (secondary N) is 2. The molecule has 0 aromatic rings. The Bertz CT molecular complexity index is 266. The third-order valence-electron chi connectivity index (χ3n) is 3.69. The molecule has 4 nitrogen and oxygen atoms in total. The topological polar surface area (TPSA) is 44.4 Å². The maximum atomic E-state index is 12.3. The Balaban J connectivity index is 2.49. The van der Waals surface area contributed by atoms with Crippen LogP contribution in [0.15, 0.2) is 0 Å². The molecule has 106 valence electrons. The van der Waals surface area contributed by atoms with E-state index in [2.05, 4.69) is 36.3 Å². The molecule has 0 spiro atoms. The number of rotatable bonds is 5. The number of likely N-dealkylation sites (N-methyl/N-ethyl adjacent to an activating group) is 1. The van der Waals surface area contributed by atoms with Crippen molar-refractivity contribution in [1.29, 1.82) is 0 Å². The highest BCUT2D eigenvalue weighted by Gasteiger charge is 2.27. The van der Waals surface area contributed by atoms with Crippen LogP contribution in [0.25, 0.3) is 0 Å². The summed E-state index contributed by atoms with van der Waals surface area (Å²) < 4.78 is 0. The van der Waals surface area contributed by atoms with Gasteiger partial charge in [-0.15, -0.1) is 0 Å². The molecular weight excluding hydrogens is 226 g/mol. The van der Waals surface area contributed by atoms with E-state index in [0.717, 1.165) is 25.9 Å². The Labute approximate surface area is 111 Å². The van der Waals surface area contributed by atoms with Crippen molar-refractivity contribution in [1.82, 2.24) is 15.5 Å². The molecule has 1 aliphatic rings. The van der Waals surface area contributed by atoms with E-state index in [9.17, 15) is 4.79 Å². The Morgan fingerprint density at radius 2 is 2.11 bits per heavy atom. The van der Waals surface area contributed by atoms with Gasteiger partial charge in [-0.25, -0.2) is 0 Å². The first-order valence-electron chi connectivity index (χ1n) is 7.08. The van der Waals surface area contributed by atoms with Gasteiger partial charge >= 0.3 is 0 Å². The number of amides is 1. The van der Waals surface area contributed by atoms with Gasteiger partial charge in [-0.05, 0) is 46.3 Å². The van der Waals surface area contributed by atoms with Gasteiger partial charge in [-0.3, -0.25) is 4.79 Å². The lowest BCUT2D eigenvalue weighted by molar-refractivity contribution is -0.127. The summed E-state index contributed by atoms with van der Waals surface area (Å²) in [6.45, 7) is 8.35. The number of carbonyl (C=O) groups excluding carboxylic acids is 1. The molecule has 1 rings (SSSR count). The van der Waals surface area contributed by atoms with E-state index in [0.29, 0.717) is 12.0 Å². The zero-order valence-corrected chi connectivity index (χ0v) is 12.5. The average Bonchev–Trinajstić information content (AvgIpc) is 2.27. The Morgan fingerprint density at radius 1 is 1.44 bits per heavy atom. The van der Waals surface area contributed by atoms with Crippen molar-refractivity contribution < 1.29 is 4.79 Å². The van der Waals surface area contributed by atoms with Gasteiger partial charge in [0.05, 0.1) is 0 Å². The van der Waals surface area contributed by atoms with Crippen molar-refractivity contribution in [3.05, 3.63) is 0 Å². The third kappa shape index (κ3) is 4.94. The predicted octanol–water partition coefficient (Wildman–Crippen LogP) is 1.08. The number of hydrogen-bond donors (Lipinski definition) is 2. The highest BCUT2D eigenvalue weighted by Crippen LogP contribution is 2.17. The first kappa shape index (κ1) is 15.4. The van der Waals surface area contributed by atoms with Gasteiger partial charge in [-0.1, -0.05) is 13.8 Å². The summed E-state index contributed by atoms with van der Waals surface area (Å²) in [6, 6.07) is 0.707. The summed E-state index contributed by atoms with van der Waals surface area (Å²) >= 11 is 0. The fraction of sp³-hybridized carbons (Fsp3) is 0.929. The van der Waals surface area contributed by atoms with Crippen LogP contribution >= 0.6 is 0 Å². The van der Waals surface area contributed by atoms with Gasteiger partial charge in [0.25, 0.3) is 0 Å². The smallest absolute Gasteiger partial charge is 0.223 e. The van der Waals surface area contributed by atoms with Crippen LogP contribution in [0.1, 0.15) is 33.6 Å². The highest BCUT2D eigenvalue weighted by molar-refractivity contribution is 5.79. The summed E-state index contributed by atoms with van der Waals surface area (Å²) in [7, 11) is 4.10. The maximum absolute atomic E-state index is 12.3. The van der Waals surface area contributed by atoms with Gasteiger partial charge in [-0.2, -0.15) is 0 Å². The first-order valence-corrected chi connectivity index (χ1v) is 7.08. The quantitative estimate of drug-likeness (QED) is 0.772. The van der Waals surface area contributed by atoms with E-state index in [4.69, 9.17) is 0 Å². The lowest BCUT2D eigenvalue weighted by Gasteiger charge is -2.31. The highest BCUT2D eigenvalue weighted by atomic mass is 16.2. The molecule has 0 aromatic carbocycles. The Kier molecular flexibility index (Phi) is 6.09. The molecular formula is C14H29N3O. The van der Waals surface area contributed by atoms with Crippen LogP contribution < -0.4 is 10.6 Å². The van der Waals surface area contributed by atoms with Crippen molar-refractivity contribution >= 4 is 5.91 Å². The number of carbonyl (C=O) groups is 1. The van der Waals surface area contributed by atoms with Crippen LogP contribution in [0, 0.1) is 11.8 Å². The largest absolute Gasteiger partial charge is 0.352 e. The van der Waals surface area contributed by atoms with Crippen molar-refractivity contribution in [2.24, 2.45) is 11.8 Å². The van der Waals surface area contributed by atoms with Gasteiger partial charge in [0.15, 0.2) is 0 Å². The minimum absolute atomic E-state index is 0.185. The van der Waals surface area contributed by atoms with Crippen LogP contribution in [-0.2, 0) is 4.79 Å². The van der Waals surface area contributed by atoms with E-state index < -0.39 is 0 Å². The lowest BCUT2D eigenvalue weighted by atomic mass is 9.91. The summed E-state index contributed by atoms with van der Waals surface area (Å²) in [5.41, 5.74) is 0. The normalized spacial score (nSPS) is 26.4. The minimum atomic E-state index is 0.185. The predicted molar refractivity (Wildman–Crippen MR) is 75.5 cm³/mol. The molecule has 1 aliphatic heterocycles. The zero-order chi connectivity index (χ0) is 13.7. The average molecular weight is 255 g/mol. The molecule has 1 heterocycles. The maximum Gasteiger partial charge on any atom is 0.223 e. The van der Waals surface area contributed by atoms with Gasteiger partial charge in [0, 0.05) is 24.5 Å². The summed E-state index contributed by atoms with van der Waals surface area (Å²) in [5, 5.41) is 6.62. The van der Waals surface area contributed by atoms with Crippen LogP contribution in [0.5, 0.6) is 0 Å². The lowest BCUT2D eigenvalue weighted by Crippen LogP contribution is -2.49. The second kappa shape index (κ2) is 7.10. The van der Waals surface area contributed by atoms with Gasteiger partial charge in [0.2, 0.25) is 5.91 Å². The fourth-order valence-corrected chi connectivity index (χ4v) is 2.49. The molecule has 0 aliphatic carbocycles. The summed E-state index contributed by atoms with van der Waals surface area (Å²) in [6.07, 6.45) is 1.92. The van der Waals surface area contributed by atoms with E-state index >= 15 is 0 Å². The molecule has 3 unspecified atom stereocenters. The fourth-order valence-electron chi connectivity index (χ4n) is 2.49. The summed E-state index contributed by atoms with van der Waals surface area (Å²) in [4.78, 5) is 14.4. The molecule has 0 radical (unpaired) electrons. The van der Waals surface area contributed by atoms with Crippen molar-refractivity contribution in [2.45, 2.75) is 45.7 Å². The van der Waals surface area contributed by atoms with Crippen molar-refractivity contribution in [3.63, 3.8) is 0 Å². The second-order valence-electron chi connectivity index (χ2n) is 6.20. The molecule has 1 fully saturated rings. The number of piperidine rings is 1. The Morgan fingerprint density at radius 3 is 2.61 bits per heavy atom. The molecule has 4 heteroatoms. The van der Waals surface area contributed by atoms with Crippen molar-refractivity contribution in [3.8, 4) is 0 Å². The molecule has 1 amide bonds.